The molecule has 4 rings (SSSR count). The van der Waals surface area contributed by atoms with Gasteiger partial charge in [-0.1, -0.05) is 0 Å². The maximum absolute atomic E-state index is 13.2. The molecule has 2 heterocycles. The van der Waals surface area contributed by atoms with Crippen molar-refractivity contribution in [3.63, 3.8) is 0 Å². The molecule has 0 bridgehead atoms. The fourth-order valence-corrected chi connectivity index (χ4v) is 4.19. The normalized spacial score (nSPS) is 11.2. The van der Waals surface area contributed by atoms with E-state index in [4.69, 9.17) is 4.74 Å². The number of methoxy groups -OCH3 is 1. The monoisotopic (exact) mass is 432 g/mol. The Labute approximate surface area is 186 Å². The zero-order chi connectivity index (χ0) is 23.0. The minimum Gasteiger partial charge on any atom is -0.497 e. The highest BCUT2D eigenvalue weighted by Gasteiger charge is 2.20. The minimum absolute atomic E-state index is 0.313. The summed E-state index contributed by atoms with van der Waals surface area (Å²) < 4.78 is 9.96. The molecule has 32 heavy (non-hydrogen) atoms. The smallest absolute Gasteiger partial charge is 0.330 e. The Balaban J connectivity index is 2.02. The molecule has 7 nitrogen and oxygen atoms in total. The van der Waals surface area contributed by atoms with Gasteiger partial charge in [0, 0.05) is 44.8 Å². The summed E-state index contributed by atoms with van der Waals surface area (Å²) in [6.07, 6.45) is 1.87. The van der Waals surface area contributed by atoms with Gasteiger partial charge < -0.3 is 14.2 Å². The first-order valence-corrected chi connectivity index (χ1v) is 10.7. The molecule has 2 aromatic carbocycles. The number of nitrogens with zero attached hydrogens (tertiary/aromatic N) is 4. The van der Waals surface area contributed by atoms with Crippen molar-refractivity contribution in [2.24, 2.45) is 14.1 Å². The van der Waals surface area contributed by atoms with Crippen LogP contribution < -0.4 is 20.9 Å². The third kappa shape index (κ3) is 3.39. The second-order valence-corrected chi connectivity index (χ2v) is 7.73. The molecule has 0 N–H and O–H groups in total. The number of hydrogen-bond donors (Lipinski definition) is 0. The molecule has 0 aliphatic heterocycles. The topological polar surface area (TPSA) is 61.4 Å². The average molecular weight is 433 g/mol. The first kappa shape index (κ1) is 21.5. The number of aryl methyl sites for hydroxylation is 1. The lowest BCUT2D eigenvalue weighted by Gasteiger charge is -2.21. The van der Waals surface area contributed by atoms with Crippen LogP contribution in [0.3, 0.4) is 0 Å². The summed E-state index contributed by atoms with van der Waals surface area (Å²) in [5.41, 5.74) is 3.60. The lowest BCUT2D eigenvalue weighted by molar-refractivity contribution is 0.415. The Kier molecular flexibility index (Phi) is 5.65. The van der Waals surface area contributed by atoms with Gasteiger partial charge in [0.05, 0.1) is 23.7 Å². The third-order valence-electron chi connectivity index (χ3n) is 6.06. The van der Waals surface area contributed by atoms with Crippen molar-refractivity contribution >= 4 is 16.6 Å². The summed E-state index contributed by atoms with van der Waals surface area (Å²) in [6, 6.07) is 15.9. The van der Waals surface area contributed by atoms with Gasteiger partial charge in [-0.3, -0.25) is 13.9 Å². The molecule has 0 fully saturated rings. The molecule has 0 saturated carbocycles. The molecule has 0 radical (unpaired) electrons. The Hall–Kier alpha value is -3.74. The fraction of sp³-hybridized carbons (Fsp3) is 0.280. The van der Waals surface area contributed by atoms with Crippen molar-refractivity contribution in [2.45, 2.75) is 13.8 Å². The zero-order valence-corrected chi connectivity index (χ0v) is 19.1. The molecule has 0 atom stereocenters. The van der Waals surface area contributed by atoms with Gasteiger partial charge in [0.2, 0.25) is 0 Å². The molecule has 0 saturated heterocycles. The van der Waals surface area contributed by atoms with E-state index in [-0.39, 0.29) is 11.2 Å². The Morgan fingerprint density at radius 3 is 2.06 bits per heavy atom. The highest BCUT2D eigenvalue weighted by atomic mass is 16.5. The summed E-state index contributed by atoms with van der Waals surface area (Å²) in [5, 5.41) is 0.507. The van der Waals surface area contributed by atoms with Crippen molar-refractivity contribution in [3.05, 3.63) is 75.6 Å². The summed E-state index contributed by atoms with van der Waals surface area (Å²) in [4.78, 5) is 28.0. The summed E-state index contributed by atoms with van der Waals surface area (Å²) in [6.45, 7) is 6.12. The van der Waals surface area contributed by atoms with Crippen LogP contribution in [0.2, 0.25) is 0 Å². The van der Waals surface area contributed by atoms with Gasteiger partial charge in [0.25, 0.3) is 5.56 Å². The number of anilines is 1. The molecule has 0 amide bonds. The predicted molar refractivity (Wildman–Crippen MR) is 129 cm³/mol. The number of rotatable bonds is 6. The van der Waals surface area contributed by atoms with Crippen LogP contribution in [-0.2, 0) is 14.1 Å². The Morgan fingerprint density at radius 2 is 1.50 bits per heavy atom. The highest BCUT2D eigenvalue weighted by molar-refractivity contribution is 5.94. The number of aromatic nitrogens is 3. The van der Waals surface area contributed by atoms with E-state index >= 15 is 0 Å². The molecular formula is C25H28N4O3. The van der Waals surface area contributed by atoms with Crippen molar-refractivity contribution in [1.82, 2.24) is 13.7 Å². The van der Waals surface area contributed by atoms with Crippen molar-refractivity contribution in [2.75, 3.05) is 25.1 Å². The predicted octanol–water partition coefficient (Wildman–Crippen LogP) is 3.55. The summed E-state index contributed by atoms with van der Waals surface area (Å²) >= 11 is 0. The molecule has 0 aliphatic carbocycles. The fourth-order valence-electron chi connectivity index (χ4n) is 4.19. The first-order valence-electron chi connectivity index (χ1n) is 10.7. The van der Waals surface area contributed by atoms with Crippen LogP contribution >= 0.6 is 0 Å². The molecule has 2 aromatic heterocycles. The van der Waals surface area contributed by atoms with Crippen LogP contribution in [0.25, 0.3) is 27.8 Å². The summed E-state index contributed by atoms with van der Waals surface area (Å²) in [7, 11) is 4.82. The van der Waals surface area contributed by atoms with Gasteiger partial charge in [0.15, 0.2) is 0 Å². The van der Waals surface area contributed by atoms with E-state index in [1.165, 1.54) is 11.6 Å². The van der Waals surface area contributed by atoms with Crippen LogP contribution in [-0.4, -0.2) is 33.9 Å². The molecule has 7 heteroatoms. The van der Waals surface area contributed by atoms with E-state index < -0.39 is 0 Å². The van der Waals surface area contributed by atoms with Crippen LogP contribution in [0.5, 0.6) is 5.75 Å². The molecule has 4 aromatic rings. The lowest BCUT2D eigenvalue weighted by Crippen LogP contribution is -2.36. The molecule has 0 spiro atoms. The number of hydrogen-bond acceptors (Lipinski definition) is 4. The number of ether oxygens (including phenoxy) is 1. The van der Waals surface area contributed by atoms with Crippen LogP contribution in [0, 0.1) is 0 Å². The van der Waals surface area contributed by atoms with Gasteiger partial charge in [-0.2, -0.15) is 0 Å². The van der Waals surface area contributed by atoms with Gasteiger partial charge in [-0.15, -0.1) is 0 Å². The lowest BCUT2D eigenvalue weighted by atomic mass is 10.1. The van der Waals surface area contributed by atoms with E-state index in [0.29, 0.717) is 10.9 Å². The quantitative estimate of drug-likeness (QED) is 0.468. The van der Waals surface area contributed by atoms with E-state index in [9.17, 15) is 9.59 Å². The van der Waals surface area contributed by atoms with Crippen molar-refractivity contribution in [1.29, 1.82) is 0 Å². The first-order chi connectivity index (χ1) is 15.4. The van der Waals surface area contributed by atoms with Gasteiger partial charge in [0.1, 0.15) is 5.75 Å². The van der Waals surface area contributed by atoms with Crippen molar-refractivity contribution < 1.29 is 4.74 Å². The van der Waals surface area contributed by atoms with Gasteiger partial charge in [-0.05, 0) is 67.9 Å². The second kappa shape index (κ2) is 8.42. The average Bonchev–Trinajstić information content (AvgIpc) is 3.23. The maximum atomic E-state index is 13.2. The van der Waals surface area contributed by atoms with Gasteiger partial charge in [-0.25, -0.2) is 4.79 Å². The van der Waals surface area contributed by atoms with Crippen molar-refractivity contribution in [3.8, 4) is 22.7 Å². The molecule has 0 unspecified atom stereocenters. The molecule has 166 valence electrons. The highest BCUT2D eigenvalue weighted by Crippen LogP contribution is 2.32. The zero-order valence-electron chi connectivity index (χ0n) is 19.1. The van der Waals surface area contributed by atoms with E-state index in [2.05, 4.69) is 30.9 Å². The minimum atomic E-state index is -0.349. The Morgan fingerprint density at radius 1 is 0.875 bits per heavy atom. The Bertz CT molecular complexity index is 1370. The van der Waals surface area contributed by atoms with Crippen LogP contribution in [0.15, 0.2) is 64.3 Å². The SMILES string of the molecule is CCN(CC)c1ccc(-n2cc3c(c2-c2ccc(OC)cc2)c(=O)n(C)c(=O)n3C)cc1. The van der Waals surface area contributed by atoms with E-state index in [1.54, 1.807) is 14.2 Å². The van der Waals surface area contributed by atoms with Crippen LogP contribution in [0.4, 0.5) is 5.69 Å². The standard InChI is InChI=1S/C25H28N4O3/c1-6-28(7-2)18-10-12-19(13-11-18)29-16-21-22(24(30)27(4)25(31)26(21)3)23(29)17-8-14-20(32-5)15-9-17/h8-16H,6-7H2,1-5H3. The maximum Gasteiger partial charge on any atom is 0.330 e. The second-order valence-electron chi connectivity index (χ2n) is 7.73. The molecule has 0 aliphatic rings. The number of fused-ring (bicyclic) bond motifs is 1. The summed E-state index contributed by atoms with van der Waals surface area (Å²) in [5.74, 6) is 0.736. The number of benzene rings is 2. The third-order valence-corrected chi connectivity index (χ3v) is 6.06. The van der Waals surface area contributed by atoms with E-state index in [0.717, 1.165) is 46.0 Å². The van der Waals surface area contributed by atoms with Crippen LogP contribution in [0.1, 0.15) is 13.8 Å². The molecular weight excluding hydrogens is 404 g/mol. The van der Waals surface area contributed by atoms with Gasteiger partial charge >= 0.3 is 5.69 Å². The largest absolute Gasteiger partial charge is 0.497 e. The van der Waals surface area contributed by atoms with E-state index in [1.807, 2.05) is 47.2 Å².